The van der Waals surface area contributed by atoms with Gasteiger partial charge >= 0.3 is 24.6 Å². The molecule has 1 saturated heterocycles. The van der Waals surface area contributed by atoms with Crippen molar-refractivity contribution in [2.24, 2.45) is 11.8 Å². The monoisotopic (exact) mass is 533 g/mol. The normalized spacial score (nSPS) is 21.8. The van der Waals surface area contributed by atoms with E-state index in [-0.39, 0.29) is 29.6 Å². The van der Waals surface area contributed by atoms with E-state index in [2.05, 4.69) is 30.3 Å². The molecule has 2 aromatic heterocycles. The Labute approximate surface area is 205 Å². The maximum absolute atomic E-state index is 13.2. The standard InChI is InChI=1S/C21H21F6N7O3/c1-11-30-31-19(35-11)33-8-12-5-6-13(9-33)16(12)28-17-29-18(34(32-17)10-20(22,23)24)36-14-3-2-4-15(7-14)37-21(25,26)27/h2-4,7,12-13,16H,5-6,8-10H2,1H3,(H,28,32)/t12-,13+,16+. The van der Waals surface area contributed by atoms with Gasteiger partial charge in [-0.25, -0.2) is 4.68 Å². The van der Waals surface area contributed by atoms with E-state index >= 15 is 0 Å². The highest BCUT2D eigenvalue weighted by molar-refractivity contribution is 5.37. The second-order valence-electron chi connectivity index (χ2n) is 8.89. The van der Waals surface area contributed by atoms with Crippen LogP contribution in [0.2, 0.25) is 0 Å². The van der Waals surface area contributed by atoms with E-state index in [1.807, 2.05) is 4.90 Å². The number of fused-ring (bicyclic) bond motifs is 2. The summed E-state index contributed by atoms with van der Waals surface area (Å²) in [5.74, 6) is -0.171. The molecular formula is C21H21F6N7O3. The molecule has 2 aliphatic rings. The number of hydrogen-bond acceptors (Lipinski definition) is 9. The number of piperidine rings is 1. The molecule has 1 aliphatic heterocycles. The lowest BCUT2D eigenvalue weighted by Gasteiger charge is -2.37. The maximum Gasteiger partial charge on any atom is 0.573 e. The number of alkyl halides is 6. The summed E-state index contributed by atoms with van der Waals surface area (Å²) < 4.78 is 92.4. The van der Waals surface area contributed by atoms with Gasteiger partial charge in [-0.15, -0.1) is 23.4 Å². The third-order valence-electron chi connectivity index (χ3n) is 6.13. The van der Waals surface area contributed by atoms with Crippen molar-refractivity contribution < 1.29 is 40.2 Å². The second-order valence-corrected chi connectivity index (χ2v) is 8.89. The van der Waals surface area contributed by atoms with Crippen molar-refractivity contribution in [3.05, 3.63) is 30.2 Å². The Hall–Kier alpha value is -3.72. The van der Waals surface area contributed by atoms with Crippen LogP contribution >= 0.6 is 0 Å². The van der Waals surface area contributed by atoms with E-state index in [1.165, 1.54) is 12.1 Å². The van der Waals surface area contributed by atoms with Crippen molar-refractivity contribution >= 4 is 12.0 Å². The topological polar surface area (TPSA) is 103 Å². The number of nitrogens with zero attached hydrogens (tertiary/aromatic N) is 6. The second kappa shape index (κ2) is 9.30. The number of nitrogens with one attached hydrogen (secondary N) is 1. The van der Waals surface area contributed by atoms with Gasteiger partial charge in [0.2, 0.25) is 11.8 Å². The van der Waals surface area contributed by atoms with Crippen LogP contribution in [0.25, 0.3) is 0 Å². The van der Waals surface area contributed by atoms with E-state index in [0.717, 1.165) is 25.0 Å². The van der Waals surface area contributed by atoms with Crippen LogP contribution in [-0.4, -0.2) is 56.6 Å². The van der Waals surface area contributed by atoms with Crippen molar-refractivity contribution in [2.45, 2.75) is 44.9 Å². The molecule has 1 N–H and O–H groups in total. The molecule has 0 radical (unpaired) electrons. The molecule has 1 aromatic carbocycles. The lowest BCUT2D eigenvalue weighted by Crippen LogP contribution is -2.48. The van der Waals surface area contributed by atoms with E-state index < -0.39 is 30.8 Å². The van der Waals surface area contributed by atoms with Gasteiger partial charge < -0.3 is 24.1 Å². The summed E-state index contributed by atoms with van der Waals surface area (Å²) in [5.41, 5.74) is 0. The Balaban J connectivity index is 1.33. The van der Waals surface area contributed by atoms with Gasteiger partial charge in [-0.05, 0) is 36.8 Å². The lowest BCUT2D eigenvalue weighted by atomic mass is 9.92. The number of rotatable bonds is 7. The van der Waals surface area contributed by atoms with Gasteiger partial charge in [0.25, 0.3) is 0 Å². The quantitative estimate of drug-likeness (QED) is 0.438. The van der Waals surface area contributed by atoms with Crippen LogP contribution in [0.5, 0.6) is 17.5 Å². The zero-order valence-corrected chi connectivity index (χ0v) is 19.3. The molecule has 10 nitrogen and oxygen atoms in total. The average Bonchev–Trinajstić information content (AvgIpc) is 3.42. The first-order chi connectivity index (χ1) is 17.4. The fraction of sp³-hybridized carbons (Fsp3) is 0.524. The molecule has 16 heteroatoms. The average molecular weight is 533 g/mol. The third kappa shape index (κ3) is 5.99. The summed E-state index contributed by atoms with van der Waals surface area (Å²) in [4.78, 5) is 6.05. The largest absolute Gasteiger partial charge is 0.573 e. The molecule has 0 unspecified atom stereocenters. The van der Waals surface area contributed by atoms with Crippen LogP contribution in [0.1, 0.15) is 18.7 Å². The maximum atomic E-state index is 13.2. The molecule has 0 spiro atoms. The van der Waals surface area contributed by atoms with Crippen molar-refractivity contribution in [2.75, 3.05) is 23.3 Å². The molecular weight excluding hydrogens is 512 g/mol. The van der Waals surface area contributed by atoms with E-state index in [9.17, 15) is 26.3 Å². The van der Waals surface area contributed by atoms with E-state index in [0.29, 0.717) is 29.7 Å². The first-order valence-electron chi connectivity index (χ1n) is 11.3. The number of ether oxygens (including phenoxy) is 2. The number of benzene rings is 1. The highest BCUT2D eigenvalue weighted by Gasteiger charge is 2.44. The fourth-order valence-corrected chi connectivity index (χ4v) is 4.75. The van der Waals surface area contributed by atoms with Gasteiger partial charge in [0.05, 0.1) is 0 Å². The zero-order valence-electron chi connectivity index (χ0n) is 19.3. The van der Waals surface area contributed by atoms with Gasteiger partial charge in [-0.2, -0.15) is 18.2 Å². The Kier molecular flexibility index (Phi) is 6.27. The molecule has 1 aliphatic carbocycles. The number of aryl methyl sites for hydroxylation is 1. The Bertz CT molecular complexity index is 1230. The molecule has 3 heterocycles. The Morgan fingerprint density at radius 3 is 2.38 bits per heavy atom. The smallest absolute Gasteiger partial charge is 0.424 e. The van der Waals surface area contributed by atoms with Gasteiger partial charge in [-0.3, -0.25) is 0 Å². The number of hydrogen-bond donors (Lipinski definition) is 1. The van der Waals surface area contributed by atoms with Crippen LogP contribution in [0, 0.1) is 18.8 Å². The minimum atomic E-state index is -4.94. The van der Waals surface area contributed by atoms with E-state index in [4.69, 9.17) is 9.15 Å². The van der Waals surface area contributed by atoms with Crippen molar-refractivity contribution in [3.8, 4) is 17.5 Å². The molecule has 3 aromatic rings. The summed E-state index contributed by atoms with van der Waals surface area (Å²) in [6.45, 7) is 1.40. The SMILES string of the molecule is Cc1nnc(N2C[C@H]3CC[C@@H](C2)[C@H]3Nc2nc(Oc3cccc(OC(F)(F)F)c3)n(CC(F)(F)F)n2)o1. The van der Waals surface area contributed by atoms with Crippen molar-refractivity contribution in [1.29, 1.82) is 0 Å². The van der Waals surface area contributed by atoms with Crippen molar-refractivity contribution in [1.82, 2.24) is 25.0 Å². The van der Waals surface area contributed by atoms with Crippen LogP contribution in [0.3, 0.4) is 0 Å². The van der Waals surface area contributed by atoms with Crippen LogP contribution in [0.15, 0.2) is 28.7 Å². The molecule has 5 rings (SSSR count). The summed E-state index contributed by atoms with van der Waals surface area (Å²) in [6, 6.07) is 4.17. The van der Waals surface area contributed by atoms with Gasteiger partial charge in [0.1, 0.15) is 18.0 Å². The molecule has 1 saturated carbocycles. The molecule has 37 heavy (non-hydrogen) atoms. The highest BCUT2D eigenvalue weighted by atomic mass is 19.4. The van der Waals surface area contributed by atoms with E-state index in [1.54, 1.807) is 6.92 Å². The molecule has 0 amide bonds. The van der Waals surface area contributed by atoms with Crippen LogP contribution < -0.4 is 19.7 Å². The molecule has 200 valence electrons. The Morgan fingerprint density at radius 2 is 1.76 bits per heavy atom. The summed E-state index contributed by atoms with van der Waals surface area (Å²) in [6.07, 6.45) is -7.82. The predicted octanol–water partition coefficient (Wildman–Crippen LogP) is 4.55. The van der Waals surface area contributed by atoms with Gasteiger partial charge in [0.15, 0.2) is 0 Å². The van der Waals surface area contributed by atoms with Crippen molar-refractivity contribution in [3.63, 3.8) is 0 Å². The summed E-state index contributed by atoms with van der Waals surface area (Å²) in [7, 11) is 0. The predicted molar refractivity (Wildman–Crippen MR) is 114 cm³/mol. The van der Waals surface area contributed by atoms with Gasteiger partial charge in [-0.1, -0.05) is 11.2 Å². The number of aromatic nitrogens is 5. The van der Waals surface area contributed by atoms with Crippen LogP contribution in [0.4, 0.5) is 38.3 Å². The minimum Gasteiger partial charge on any atom is -0.424 e. The summed E-state index contributed by atoms with van der Waals surface area (Å²) in [5, 5.41) is 15.0. The first-order valence-corrected chi connectivity index (χ1v) is 11.3. The third-order valence-corrected chi connectivity index (χ3v) is 6.13. The number of halogens is 6. The molecule has 2 bridgehead atoms. The molecule has 2 fully saturated rings. The van der Waals surface area contributed by atoms with Gasteiger partial charge in [0, 0.05) is 32.1 Å². The molecule has 3 atom stereocenters. The lowest BCUT2D eigenvalue weighted by molar-refractivity contribution is -0.274. The Morgan fingerprint density at radius 1 is 1.05 bits per heavy atom. The fourth-order valence-electron chi connectivity index (χ4n) is 4.75. The highest BCUT2D eigenvalue weighted by Crippen LogP contribution is 2.40. The number of anilines is 2. The zero-order chi connectivity index (χ0) is 26.4. The summed E-state index contributed by atoms with van der Waals surface area (Å²) >= 11 is 0. The van der Waals surface area contributed by atoms with Crippen LogP contribution in [-0.2, 0) is 6.54 Å². The first kappa shape index (κ1) is 25.0. The minimum absolute atomic E-state index is 0.0778.